The number of hydrogen-bond acceptors (Lipinski definition) is 5. The van der Waals surface area contributed by atoms with Gasteiger partial charge in [-0.05, 0) is 73.9 Å². The number of anilines is 1. The summed E-state index contributed by atoms with van der Waals surface area (Å²) in [7, 11) is 0. The van der Waals surface area contributed by atoms with Gasteiger partial charge in [-0.2, -0.15) is 0 Å². The average Bonchev–Trinajstić information content (AvgIpc) is 2.74. The quantitative estimate of drug-likeness (QED) is 0.542. The van der Waals surface area contributed by atoms with Gasteiger partial charge in [0.05, 0.1) is 11.8 Å². The molecule has 2 aliphatic heterocycles. The van der Waals surface area contributed by atoms with E-state index in [1.54, 1.807) is 35.2 Å². The molecule has 2 unspecified atom stereocenters. The van der Waals surface area contributed by atoms with Crippen LogP contribution in [0.2, 0.25) is 0 Å². The second-order valence-electron chi connectivity index (χ2n) is 7.94. The van der Waals surface area contributed by atoms with Crippen LogP contribution >= 0.6 is 12.2 Å². The minimum Gasteiger partial charge on any atom is -0.508 e. The minimum atomic E-state index is -0.854. The largest absolute Gasteiger partial charge is 0.508 e. The molecule has 2 heterocycles. The van der Waals surface area contributed by atoms with E-state index in [4.69, 9.17) is 12.2 Å². The van der Waals surface area contributed by atoms with Crippen molar-refractivity contribution in [3.63, 3.8) is 0 Å². The molecular formula is C22H26FN3O3S. The fraction of sp³-hybridized carbons (Fsp3) is 0.409. The van der Waals surface area contributed by atoms with E-state index in [9.17, 15) is 19.7 Å². The molecule has 6 nitrogen and oxygen atoms in total. The Bertz CT molecular complexity index is 903. The van der Waals surface area contributed by atoms with Crippen LogP contribution in [0.4, 0.5) is 10.1 Å². The number of phenols is 1. The van der Waals surface area contributed by atoms with Crippen molar-refractivity contribution < 1.29 is 19.7 Å². The number of nitrogens with zero attached hydrogens (tertiary/aromatic N) is 2. The van der Waals surface area contributed by atoms with E-state index in [0.717, 1.165) is 38.0 Å². The van der Waals surface area contributed by atoms with E-state index in [0.29, 0.717) is 22.9 Å². The number of fused-ring (bicyclic) bond motifs is 1. The van der Waals surface area contributed by atoms with E-state index in [1.165, 1.54) is 12.1 Å². The van der Waals surface area contributed by atoms with Crippen LogP contribution in [0.3, 0.4) is 0 Å². The maximum atomic E-state index is 13.1. The number of aliphatic hydroxyl groups is 2. The molecule has 30 heavy (non-hydrogen) atoms. The van der Waals surface area contributed by atoms with Crippen LogP contribution in [0.5, 0.6) is 5.75 Å². The fourth-order valence-corrected chi connectivity index (χ4v) is 4.54. The molecule has 4 N–H and O–H groups in total. The summed E-state index contributed by atoms with van der Waals surface area (Å²) in [6.45, 7) is 3.00. The lowest BCUT2D eigenvalue weighted by Gasteiger charge is -2.39. The summed E-state index contributed by atoms with van der Waals surface area (Å²) in [6.07, 6.45) is 0.270. The number of piperidine rings is 1. The van der Waals surface area contributed by atoms with Crippen molar-refractivity contribution in [2.75, 3.05) is 31.5 Å². The molecule has 0 radical (unpaired) electrons. The standard InChI is InChI=1S/C22H26FN3O3S/c23-16-3-1-14(2-4-16)20(28)15-7-9-25(10-8-15)11-12-26-21(29)18-6-5-17(27)13-19(18)24-22(26)30/h1-6,13,15,20-21,27-29H,7-12H2,(H,24,30). The van der Waals surface area contributed by atoms with Gasteiger partial charge in [-0.3, -0.25) is 0 Å². The molecule has 2 aromatic rings. The van der Waals surface area contributed by atoms with E-state index in [-0.39, 0.29) is 17.5 Å². The van der Waals surface area contributed by atoms with Crippen molar-refractivity contribution in [1.29, 1.82) is 0 Å². The second-order valence-corrected chi connectivity index (χ2v) is 8.33. The average molecular weight is 432 g/mol. The number of likely N-dealkylation sites (tertiary alicyclic amines) is 1. The lowest BCUT2D eigenvalue weighted by molar-refractivity contribution is 0.0328. The van der Waals surface area contributed by atoms with Crippen LogP contribution in [0.25, 0.3) is 0 Å². The molecule has 4 rings (SSSR count). The number of aliphatic hydroxyl groups excluding tert-OH is 2. The Balaban J connectivity index is 1.30. The van der Waals surface area contributed by atoms with Crippen molar-refractivity contribution in [2.45, 2.75) is 25.2 Å². The summed E-state index contributed by atoms with van der Waals surface area (Å²) < 4.78 is 13.1. The van der Waals surface area contributed by atoms with Gasteiger partial charge in [0.1, 0.15) is 11.6 Å². The summed E-state index contributed by atoms with van der Waals surface area (Å²) in [5, 5.41) is 34.5. The van der Waals surface area contributed by atoms with Gasteiger partial charge >= 0.3 is 0 Å². The van der Waals surface area contributed by atoms with Gasteiger partial charge in [0, 0.05) is 24.7 Å². The van der Waals surface area contributed by atoms with Gasteiger partial charge in [-0.1, -0.05) is 12.1 Å². The first kappa shape index (κ1) is 21.0. The highest BCUT2D eigenvalue weighted by Gasteiger charge is 2.30. The third-order valence-corrected chi connectivity index (χ3v) is 6.40. The molecule has 0 aromatic heterocycles. The zero-order valence-corrected chi connectivity index (χ0v) is 17.4. The van der Waals surface area contributed by atoms with Crippen molar-refractivity contribution in [3.05, 3.63) is 59.4 Å². The number of halogens is 1. The Morgan fingerprint density at radius 1 is 1.10 bits per heavy atom. The maximum absolute atomic E-state index is 13.1. The highest BCUT2D eigenvalue weighted by Crippen LogP contribution is 2.34. The summed E-state index contributed by atoms with van der Waals surface area (Å²) >= 11 is 5.40. The predicted octanol–water partition coefficient (Wildman–Crippen LogP) is 2.98. The highest BCUT2D eigenvalue weighted by atomic mass is 32.1. The van der Waals surface area contributed by atoms with E-state index < -0.39 is 12.3 Å². The van der Waals surface area contributed by atoms with Crippen LogP contribution in [0, 0.1) is 11.7 Å². The maximum Gasteiger partial charge on any atom is 0.175 e. The molecule has 0 saturated carbocycles. The molecule has 2 aromatic carbocycles. The molecule has 160 valence electrons. The molecule has 2 aliphatic rings. The van der Waals surface area contributed by atoms with Gasteiger partial charge in [0.25, 0.3) is 0 Å². The van der Waals surface area contributed by atoms with Crippen molar-refractivity contribution in [1.82, 2.24) is 9.80 Å². The number of rotatable bonds is 5. The number of hydrogen-bond donors (Lipinski definition) is 4. The van der Waals surface area contributed by atoms with Crippen molar-refractivity contribution in [3.8, 4) is 5.75 Å². The normalized spacial score (nSPS) is 21.2. The number of nitrogens with one attached hydrogen (secondary N) is 1. The van der Waals surface area contributed by atoms with Crippen LogP contribution in [-0.2, 0) is 0 Å². The highest BCUT2D eigenvalue weighted by molar-refractivity contribution is 7.80. The minimum absolute atomic E-state index is 0.121. The van der Waals surface area contributed by atoms with Crippen LogP contribution in [-0.4, -0.2) is 56.4 Å². The molecule has 0 bridgehead atoms. The summed E-state index contributed by atoms with van der Waals surface area (Å²) in [6, 6.07) is 10.9. The molecule has 0 spiro atoms. The molecule has 0 amide bonds. The Morgan fingerprint density at radius 2 is 1.80 bits per heavy atom. The van der Waals surface area contributed by atoms with Crippen LogP contribution in [0.15, 0.2) is 42.5 Å². The smallest absolute Gasteiger partial charge is 0.175 e. The van der Waals surface area contributed by atoms with Gasteiger partial charge in [0.15, 0.2) is 11.3 Å². The van der Waals surface area contributed by atoms with Crippen LogP contribution < -0.4 is 5.32 Å². The van der Waals surface area contributed by atoms with Gasteiger partial charge < -0.3 is 30.4 Å². The molecule has 1 fully saturated rings. The topological polar surface area (TPSA) is 79.2 Å². The zero-order chi connectivity index (χ0) is 21.3. The third kappa shape index (κ3) is 4.41. The molecule has 1 saturated heterocycles. The van der Waals surface area contributed by atoms with Crippen molar-refractivity contribution in [2.24, 2.45) is 5.92 Å². The Morgan fingerprint density at radius 3 is 2.50 bits per heavy atom. The van der Waals surface area contributed by atoms with E-state index in [1.807, 2.05) is 0 Å². The third-order valence-electron chi connectivity index (χ3n) is 6.06. The Labute approximate surface area is 180 Å². The summed E-state index contributed by atoms with van der Waals surface area (Å²) in [5.41, 5.74) is 2.06. The molecule has 0 aliphatic carbocycles. The molecular weight excluding hydrogens is 405 g/mol. The number of phenolic OH excluding ortho intramolecular Hbond substituents is 1. The predicted molar refractivity (Wildman–Crippen MR) is 117 cm³/mol. The monoisotopic (exact) mass is 431 g/mol. The Hall–Kier alpha value is -2.26. The first-order chi connectivity index (χ1) is 14.4. The summed E-state index contributed by atoms with van der Waals surface area (Å²) in [4.78, 5) is 4.05. The van der Waals surface area contributed by atoms with Gasteiger partial charge in [-0.15, -0.1) is 0 Å². The fourth-order valence-electron chi connectivity index (χ4n) is 4.24. The number of aromatic hydroxyl groups is 1. The zero-order valence-electron chi connectivity index (χ0n) is 16.5. The number of thiocarbonyl (C=S) groups is 1. The first-order valence-electron chi connectivity index (χ1n) is 10.2. The Kier molecular flexibility index (Phi) is 6.19. The van der Waals surface area contributed by atoms with Gasteiger partial charge in [-0.25, -0.2) is 4.39 Å². The number of benzene rings is 2. The first-order valence-corrected chi connectivity index (χ1v) is 10.6. The van der Waals surface area contributed by atoms with E-state index in [2.05, 4.69) is 10.2 Å². The van der Waals surface area contributed by atoms with Gasteiger partial charge in [0.2, 0.25) is 0 Å². The lowest BCUT2D eigenvalue weighted by atomic mass is 9.87. The van der Waals surface area contributed by atoms with Crippen molar-refractivity contribution >= 4 is 23.0 Å². The van der Waals surface area contributed by atoms with Crippen LogP contribution in [0.1, 0.15) is 36.3 Å². The summed E-state index contributed by atoms with van der Waals surface area (Å²) in [5.74, 6) is -0.0301. The second kappa shape index (κ2) is 8.85. The SMILES string of the molecule is Oc1ccc2c(c1)NC(=S)N(CCN1CCC(C(O)c3ccc(F)cc3)CC1)C2O. The molecule has 2 atom stereocenters. The van der Waals surface area contributed by atoms with E-state index >= 15 is 0 Å². The lowest BCUT2D eigenvalue weighted by Crippen LogP contribution is -2.47. The molecule has 8 heteroatoms.